The van der Waals surface area contributed by atoms with Crippen LogP contribution in [0.4, 0.5) is 18.9 Å². The molecule has 0 aromatic heterocycles. The Bertz CT molecular complexity index is 961. The van der Waals surface area contributed by atoms with Gasteiger partial charge in [0.2, 0.25) is 11.8 Å². The largest absolute Gasteiger partial charge is 0.417 e. The molecule has 8 heteroatoms. The SMILES string of the molecule is CC(=O)Nc1ccc(C=C2N=C(c3ccccc3C(F)(F)F)OC2=O)cc1. The van der Waals surface area contributed by atoms with Crippen molar-refractivity contribution in [3.63, 3.8) is 0 Å². The molecule has 0 spiro atoms. The van der Waals surface area contributed by atoms with Gasteiger partial charge in [0.1, 0.15) is 0 Å². The first-order chi connectivity index (χ1) is 12.7. The molecule has 0 atom stereocenters. The van der Waals surface area contributed by atoms with Gasteiger partial charge < -0.3 is 10.1 Å². The maximum absolute atomic E-state index is 13.1. The molecule has 2 aromatic rings. The standard InChI is InChI=1S/C19H13F3N2O3/c1-11(25)23-13-8-6-12(7-9-13)10-16-18(26)27-17(24-16)14-4-2-3-5-15(14)19(20,21)22/h2-10H,1H3,(H,23,25). The number of nitrogens with one attached hydrogen (secondary N) is 1. The van der Waals surface area contributed by atoms with Crippen LogP contribution in [0.5, 0.6) is 0 Å². The normalized spacial score (nSPS) is 15.5. The molecule has 0 saturated heterocycles. The van der Waals surface area contributed by atoms with Crippen LogP contribution in [0.3, 0.4) is 0 Å². The smallest absolute Gasteiger partial charge is 0.402 e. The number of anilines is 1. The maximum Gasteiger partial charge on any atom is 0.417 e. The highest BCUT2D eigenvalue weighted by Gasteiger charge is 2.36. The number of esters is 1. The predicted molar refractivity (Wildman–Crippen MR) is 92.8 cm³/mol. The Kier molecular flexibility index (Phi) is 4.81. The van der Waals surface area contributed by atoms with Crippen molar-refractivity contribution in [2.45, 2.75) is 13.1 Å². The second-order valence-corrected chi connectivity index (χ2v) is 5.68. The molecule has 1 aliphatic rings. The van der Waals surface area contributed by atoms with Crippen LogP contribution in [0.2, 0.25) is 0 Å². The molecule has 1 N–H and O–H groups in total. The molecule has 0 unspecified atom stereocenters. The van der Waals surface area contributed by atoms with Gasteiger partial charge in [0, 0.05) is 18.2 Å². The number of hydrogen-bond acceptors (Lipinski definition) is 4. The molecule has 1 aliphatic heterocycles. The third kappa shape index (κ3) is 4.22. The van der Waals surface area contributed by atoms with Crippen molar-refractivity contribution < 1.29 is 27.5 Å². The number of alkyl halides is 3. The number of benzene rings is 2. The number of cyclic esters (lactones) is 1. The van der Waals surface area contributed by atoms with Gasteiger partial charge in [-0.2, -0.15) is 13.2 Å². The number of hydrogen-bond donors (Lipinski definition) is 1. The lowest BCUT2D eigenvalue weighted by Gasteiger charge is -2.11. The zero-order valence-electron chi connectivity index (χ0n) is 14.0. The summed E-state index contributed by atoms with van der Waals surface area (Å²) in [6.45, 7) is 1.37. The molecule has 0 fully saturated rings. The van der Waals surface area contributed by atoms with E-state index in [1.54, 1.807) is 24.3 Å². The highest BCUT2D eigenvalue weighted by molar-refractivity contribution is 6.13. The van der Waals surface area contributed by atoms with Gasteiger partial charge in [-0.3, -0.25) is 4.79 Å². The van der Waals surface area contributed by atoms with Gasteiger partial charge in [0.05, 0.1) is 5.56 Å². The Morgan fingerprint density at radius 3 is 2.41 bits per heavy atom. The summed E-state index contributed by atoms with van der Waals surface area (Å²) in [6.07, 6.45) is -3.21. The van der Waals surface area contributed by atoms with Crippen molar-refractivity contribution >= 4 is 29.5 Å². The number of amides is 1. The predicted octanol–water partition coefficient (Wildman–Crippen LogP) is 4.01. The van der Waals surface area contributed by atoms with Crippen LogP contribution in [-0.4, -0.2) is 17.8 Å². The summed E-state index contributed by atoms with van der Waals surface area (Å²) < 4.78 is 44.3. The highest BCUT2D eigenvalue weighted by Crippen LogP contribution is 2.33. The third-order valence-corrected chi connectivity index (χ3v) is 3.62. The summed E-state index contributed by atoms with van der Waals surface area (Å²) >= 11 is 0. The summed E-state index contributed by atoms with van der Waals surface area (Å²) in [7, 11) is 0. The average Bonchev–Trinajstić information content (AvgIpc) is 2.96. The lowest BCUT2D eigenvalue weighted by Crippen LogP contribution is -2.14. The zero-order chi connectivity index (χ0) is 19.6. The molecule has 1 heterocycles. The fourth-order valence-electron chi connectivity index (χ4n) is 2.46. The summed E-state index contributed by atoms with van der Waals surface area (Å²) in [5.41, 5.74) is -0.207. The van der Waals surface area contributed by atoms with Crippen LogP contribution >= 0.6 is 0 Å². The van der Waals surface area contributed by atoms with Gasteiger partial charge in [0.15, 0.2) is 5.70 Å². The molecule has 3 rings (SSSR count). The third-order valence-electron chi connectivity index (χ3n) is 3.62. The van der Waals surface area contributed by atoms with Crippen LogP contribution in [0.1, 0.15) is 23.6 Å². The van der Waals surface area contributed by atoms with E-state index in [1.165, 1.54) is 31.2 Å². The first-order valence-electron chi connectivity index (χ1n) is 7.81. The lowest BCUT2D eigenvalue weighted by molar-refractivity contribution is -0.138. The topological polar surface area (TPSA) is 67.8 Å². The Morgan fingerprint density at radius 2 is 1.78 bits per heavy atom. The van der Waals surface area contributed by atoms with Crippen LogP contribution in [-0.2, 0) is 20.5 Å². The molecular formula is C19H13F3N2O3. The molecule has 138 valence electrons. The second kappa shape index (κ2) is 7.06. The van der Waals surface area contributed by atoms with E-state index < -0.39 is 23.6 Å². The van der Waals surface area contributed by atoms with Gasteiger partial charge in [-0.25, -0.2) is 9.79 Å². The molecule has 1 amide bonds. The molecule has 0 radical (unpaired) electrons. The van der Waals surface area contributed by atoms with Crippen molar-refractivity contribution in [3.05, 3.63) is 70.9 Å². The van der Waals surface area contributed by atoms with Gasteiger partial charge in [-0.15, -0.1) is 0 Å². The zero-order valence-corrected chi connectivity index (χ0v) is 14.0. The van der Waals surface area contributed by atoms with Crippen LogP contribution < -0.4 is 5.32 Å². The molecule has 0 bridgehead atoms. The Morgan fingerprint density at radius 1 is 1.11 bits per heavy atom. The van der Waals surface area contributed by atoms with Gasteiger partial charge >= 0.3 is 12.1 Å². The van der Waals surface area contributed by atoms with E-state index in [0.29, 0.717) is 11.3 Å². The minimum atomic E-state index is -4.60. The number of rotatable bonds is 3. The van der Waals surface area contributed by atoms with Crippen molar-refractivity contribution in [2.75, 3.05) is 5.32 Å². The van der Waals surface area contributed by atoms with Crippen molar-refractivity contribution in [3.8, 4) is 0 Å². The number of carbonyl (C=O) groups is 2. The highest BCUT2D eigenvalue weighted by atomic mass is 19.4. The summed E-state index contributed by atoms with van der Waals surface area (Å²) in [5.74, 6) is -1.46. The molecule has 2 aromatic carbocycles. The average molecular weight is 374 g/mol. The minimum absolute atomic E-state index is 0.116. The second-order valence-electron chi connectivity index (χ2n) is 5.68. The Labute approximate surface area is 152 Å². The van der Waals surface area contributed by atoms with Crippen molar-refractivity contribution in [2.24, 2.45) is 4.99 Å². The molecule has 0 saturated carbocycles. The van der Waals surface area contributed by atoms with Crippen LogP contribution in [0.15, 0.2) is 59.2 Å². The fraction of sp³-hybridized carbons (Fsp3) is 0.105. The molecule has 27 heavy (non-hydrogen) atoms. The first kappa shape index (κ1) is 18.4. The summed E-state index contributed by atoms with van der Waals surface area (Å²) in [6, 6.07) is 11.2. The maximum atomic E-state index is 13.1. The van der Waals surface area contributed by atoms with Crippen LogP contribution in [0, 0.1) is 0 Å². The van der Waals surface area contributed by atoms with Gasteiger partial charge in [0.25, 0.3) is 0 Å². The van der Waals surface area contributed by atoms with E-state index in [-0.39, 0.29) is 17.2 Å². The van der Waals surface area contributed by atoms with Gasteiger partial charge in [-0.05, 0) is 35.9 Å². The van der Waals surface area contributed by atoms with E-state index in [9.17, 15) is 22.8 Å². The van der Waals surface area contributed by atoms with E-state index in [4.69, 9.17) is 4.74 Å². The lowest BCUT2D eigenvalue weighted by atomic mass is 10.1. The number of halogens is 3. The number of carbonyl (C=O) groups excluding carboxylic acids is 2. The Balaban J connectivity index is 1.91. The number of aliphatic imine (C=N–C) groups is 1. The minimum Gasteiger partial charge on any atom is -0.402 e. The molecule has 0 aliphatic carbocycles. The van der Waals surface area contributed by atoms with E-state index in [2.05, 4.69) is 10.3 Å². The molecule has 5 nitrogen and oxygen atoms in total. The fourth-order valence-corrected chi connectivity index (χ4v) is 2.46. The molecular weight excluding hydrogens is 361 g/mol. The van der Waals surface area contributed by atoms with Gasteiger partial charge in [-0.1, -0.05) is 24.3 Å². The summed E-state index contributed by atoms with van der Waals surface area (Å²) in [4.78, 5) is 26.9. The van der Waals surface area contributed by atoms with E-state index in [0.717, 1.165) is 6.07 Å². The first-order valence-corrected chi connectivity index (χ1v) is 7.81. The number of nitrogens with zero attached hydrogens (tertiary/aromatic N) is 1. The number of ether oxygens (including phenoxy) is 1. The van der Waals surface area contributed by atoms with E-state index in [1.807, 2.05) is 0 Å². The van der Waals surface area contributed by atoms with E-state index >= 15 is 0 Å². The van der Waals surface area contributed by atoms with Crippen molar-refractivity contribution in [1.29, 1.82) is 0 Å². The van der Waals surface area contributed by atoms with Crippen LogP contribution in [0.25, 0.3) is 6.08 Å². The van der Waals surface area contributed by atoms with Crippen molar-refractivity contribution in [1.82, 2.24) is 0 Å². The Hall–Kier alpha value is -3.42. The quantitative estimate of drug-likeness (QED) is 0.652. The monoisotopic (exact) mass is 374 g/mol. The summed E-state index contributed by atoms with van der Waals surface area (Å²) in [5, 5.41) is 2.60.